The molecule has 0 unspecified atom stereocenters. The molecule has 0 bridgehead atoms. The average molecular weight is 384 g/mol. The Morgan fingerprint density at radius 3 is 2.46 bits per heavy atom. The van der Waals surface area contributed by atoms with Crippen LogP contribution in [0.4, 0.5) is 14.5 Å². The number of hydrogen-bond acceptors (Lipinski definition) is 4. The summed E-state index contributed by atoms with van der Waals surface area (Å²) in [6.45, 7) is 0.510. The Kier molecular flexibility index (Phi) is 4.10. The molecule has 0 spiro atoms. The molecule has 1 aliphatic heterocycles. The topological polar surface area (TPSA) is 55.4 Å². The van der Waals surface area contributed by atoms with Crippen LogP contribution in [0.5, 0.6) is 0 Å². The number of halogens is 2. The van der Waals surface area contributed by atoms with E-state index in [1.807, 2.05) is 23.2 Å². The van der Waals surface area contributed by atoms with Crippen LogP contribution in [-0.4, -0.2) is 32.8 Å². The van der Waals surface area contributed by atoms with Crippen LogP contribution in [0.1, 0.15) is 48.8 Å². The van der Waals surface area contributed by atoms with Gasteiger partial charge in [0.25, 0.3) is 0 Å². The van der Waals surface area contributed by atoms with E-state index in [0.717, 1.165) is 27.8 Å². The Bertz CT molecular complexity index is 977. The number of hydrazine groups is 1. The van der Waals surface area contributed by atoms with Gasteiger partial charge in [-0.1, -0.05) is 29.4 Å². The predicted molar refractivity (Wildman–Crippen MR) is 102 cm³/mol. The van der Waals surface area contributed by atoms with Crippen LogP contribution in [0, 0.1) is 0 Å². The minimum Gasteiger partial charge on any atom is -0.345 e. The summed E-state index contributed by atoms with van der Waals surface area (Å²) in [6, 6.07) is 14.1. The summed E-state index contributed by atoms with van der Waals surface area (Å²) < 4.78 is 26.8. The van der Waals surface area contributed by atoms with Crippen LogP contribution < -0.4 is 5.01 Å². The summed E-state index contributed by atoms with van der Waals surface area (Å²) in [5.41, 5.74) is 4.91. The molecule has 3 aromatic rings. The minimum absolute atomic E-state index is 0.0224. The van der Waals surface area contributed by atoms with Crippen molar-refractivity contribution in [2.45, 2.75) is 43.6 Å². The van der Waals surface area contributed by atoms with Crippen molar-refractivity contribution < 1.29 is 14.0 Å². The molecule has 1 aromatic heterocycles. The number of rotatable bonds is 3. The van der Waals surface area contributed by atoms with E-state index in [1.54, 1.807) is 6.33 Å². The van der Waals surface area contributed by atoms with Crippen LogP contribution >= 0.6 is 0 Å². The van der Waals surface area contributed by atoms with E-state index in [0.29, 0.717) is 19.4 Å². The lowest BCUT2D eigenvalue weighted by atomic mass is 9.82. The van der Waals surface area contributed by atoms with Gasteiger partial charge in [-0.3, -0.25) is 10.2 Å². The minimum atomic E-state index is -2.50. The number of nitrogens with one attached hydrogen (secondary N) is 1. The molecule has 28 heavy (non-hydrogen) atoms. The van der Waals surface area contributed by atoms with E-state index in [9.17, 15) is 14.0 Å². The molecule has 0 amide bonds. The quantitative estimate of drug-likeness (QED) is 0.666. The van der Waals surface area contributed by atoms with Crippen LogP contribution in [0.15, 0.2) is 48.8 Å². The van der Waals surface area contributed by atoms with Gasteiger partial charge in [-0.2, -0.15) is 0 Å². The molecule has 2 aromatic carbocycles. The first kappa shape index (κ1) is 17.6. The number of hydroxylamine groups is 1. The monoisotopic (exact) mass is 384 g/mol. The zero-order valence-corrected chi connectivity index (χ0v) is 15.4. The number of benzene rings is 2. The summed E-state index contributed by atoms with van der Waals surface area (Å²) in [6.07, 6.45) is 2.68. The molecular formula is C21H22F2N4O. The fourth-order valence-electron chi connectivity index (χ4n) is 4.37. The van der Waals surface area contributed by atoms with Crippen molar-refractivity contribution in [2.75, 3.05) is 11.6 Å². The first-order chi connectivity index (χ1) is 13.5. The number of alkyl halides is 2. The van der Waals surface area contributed by atoms with Gasteiger partial charge in [-0.25, -0.2) is 13.8 Å². The van der Waals surface area contributed by atoms with Gasteiger partial charge in [0.2, 0.25) is 5.92 Å². The zero-order valence-electron chi connectivity index (χ0n) is 15.4. The molecule has 1 saturated carbocycles. The van der Waals surface area contributed by atoms with E-state index in [-0.39, 0.29) is 24.8 Å². The second-order valence-corrected chi connectivity index (χ2v) is 7.82. The van der Waals surface area contributed by atoms with Gasteiger partial charge in [0.15, 0.2) is 0 Å². The summed E-state index contributed by atoms with van der Waals surface area (Å²) in [4.78, 5) is 7.32. The molecule has 7 heteroatoms. The van der Waals surface area contributed by atoms with Gasteiger partial charge < -0.3 is 4.98 Å². The molecule has 2 fully saturated rings. The SMILES string of the molecule is ON1C[C@H](c2ccc(C3CCC(F)(F)CC3)cc2)N1c1ccc2nc[nH]c2c1. The number of anilines is 1. The van der Waals surface area contributed by atoms with Crippen molar-refractivity contribution >= 4 is 16.7 Å². The molecule has 1 saturated heterocycles. The number of imidazole rings is 1. The van der Waals surface area contributed by atoms with E-state index in [4.69, 9.17) is 0 Å². The summed E-state index contributed by atoms with van der Waals surface area (Å²) >= 11 is 0. The van der Waals surface area contributed by atoms with Crippen molar-refractivity contribution in [1.29, 1.82) is 0 Å². The number of fused-ring (bicyclic) bond motifs is 1. The number of aromatic nitrogens is 2. The van der Waals surface area contributed by atoms with Crippen LogP contribution in [0.3, 0.4) is 0 Å². The van der Waals surface area contributed by atoms with Gasteiger partial charge in [0.1, 0.15) is 0 Å². The lowest BCUT2D eigenvalue weighted by Gasteiger charge is -2.48. The number of aromatic amines is 1. The second kappa shape index (κ2) is 6.53. The first-order valence-electron chi connectivity index (χ1n) is 9.67. The smallest absolute Gasteiger partial charge is 0.248 e. The molecule has 2 aliphatic rings. The number of nitrogens with zero attached hydrogens (tertiary/aromatic N) is 3. The maximum atomic E-state index is 13.4. The van der Waals surface area contributed by atoms with Crippen molar-refractivity contribution in [3.63, 3.8) is 0 Å². The average Bonchev–Trinajstić information content (AvgIpc) is 3.14. The lowest BCUT2D eigenvalue weighted by molar-refractivity contribution is -0.167. The zero-order chi connectivity index (χ0) is 19.3. The van der Waals surface area contributed by atoms with Gasteiger partial charge in [-0.15, -0.1) is 0 Å². The molecule has 5 nitrogen and oxygen atoms in total. The molecular weight excluding hydrogens is 362 g/mol. The standard InChI is InChI=1S/C21H22F2N4O/c22-21(23)9-7-15(8-10-21)14-1-3-16(4-2-14)20-12-26(28)27(20)17-5-6-18-19(11-17)25-13-24-18/h1-6,11,13,15,20,28H,7-10,12H2,(H,24,25)/t20-/m1/s1. The summed E-state index contributed by atoms with van der Waals surface area (Å²) in [5.74, 6) is -2.29. The summed E-state index contributed by atoms with van der Waals surface area (Å²) in [5, 5.41) is 13.2. The highest BCUT2D eigenvalue weighted by Gasteiger charge is 2.38. The fraction of sp³-hybridized carbons (Fsp3) is 0.381. The van der Waals surface area contributed by atoms with Crippen LogP contribution in [-0.2, 0) is 0 Å². The van der Waals surface area contributed by atoms with Crippen molar-refractivity contribution in [3.8, 4) is 0 Å². The Morgan fingerprint density at radius 2 is 1.75 bits per heavy atom. The van der Waals surface area contributed by atoms with E-state index in [1.165, 1.54) is 5.17 Å². The van der Waals surface area contributed by atoms with Crippen molar-refractivity contribution in [3.05, 3.63) is 59.9 Å². The number of hydrogen-bond donors (Lipinski definition) is 2. The third-order valence-corrected chi connectivity index (χ3v) is 6.06. The largest absolute Gasteiger partial charge is 0.345 e. The van der Waals surface area contributed by atoms with Gasteiger partial charge in [0, 0.05) is 12.8 Å². The highest BCUT2D eigenvalue weighted by molar-refractivity contribution is 5.79. The number of H-pyrrole nitrogens is 1. The van der Waals surface area contributed by atoms with Crippen molar-refractivity contribution in [1.82, 2.24) is 15.1 Å². The molecule has 146 valence electrons. The molecule has 1 aliphatic carbocycles. The Hall–Kier alpha value is -2.51. The maximum absolute atomic E-state index is 13.4. The third kappa shape index (κ3) is 3.04. The molecule has 2 heterocycles. The molecule has 1 atom stereocenters. The Balaban J connectivity index is 1.34. The maximum Gasteiger partial charge on any atom is 0.248 e. The van der Waals surface area contributed by atoms with Gasteiger partial charge >= 0.3 is 0 Å². The Labute approximate surface area is 161 Å². The van der Waals surface area contributed by atoms with Crippen LogP contribution in [0.25, 0.3) is 11.0 Å². The lowest BCUT2D eigenvalue weighted by Crippen LogP contribution is -2.57. The highest BCUT2D eigenvalue weighted by atomic mass is 19.3. The first-order valence-corrected chi connectivity index (χ1v) is 9.67. The molecule has 2 N–H and O–H groups in total. The fourth-order valence-corrected chi connectivity index (χ4v) is 4.37. The third-order valence-electron chi connectivity index (χ3n) is 6.06. The van der Waals surface area contributed by atoms with E-state index >= 15 is 0 Å². The Morgan fingerprint density at radius 1 is 1.04 bits per heavy atom. The van der Waals surface area contributed by atoms with Crippen LogP contribution in [0.2, 0.25) is 0 Å². The summed E-state index contributed by atoms with van der Waals surface area (Å²) in [7, 11) is 0. The molecule has 0 radical (unpaired) electrons. The highest BCUT2D eigenvalue weighted by Crippen LogP contribution is 2.42. The van der Waals surface area contributed by atoms with E-state index < -0.39 is 5.92 Å². The van der Waals surface area contributed by atoms with Crippen molar-refractivity contribution in [2.24, 2.45) is 0 Å². The van der Waals surface area contributed by atoms with Gasteiger partial charge in [0.05, 0.1) is 35.6 Å². The second-order valence-electron chi connectivity index (χ2n) is 7.82. The van der Waals surface area contributed by atoms with Gasteiger partial charge in [-0.05, 0) is 48.1 Å². The normalized spacial score (nSPS) is 23.1. The van der Waals surface area contributed by atoms with E-state index in [2.05, 4.69) is 34.2 Å². The molecule has 5 rings (SSSR count). The predicted octanol–water partition coefficient (Wildman–Crippen LogP) is 5.02.